The highest BCUT2D eigenvalue weighted by atomic mass is 16.6. The van der Waals surface area contributed by atoms with E-state index < -0.39 is 40.3 Å². The maximum absolute atomic E-state index is 13.2. The summed E-state index contributed by atoms with van der Waals surface area (Å²) in [5.74, 6) is -1.79. The van der Waals surface area contributed by atoms with E-state index in [1.54, 1.807) is 0 Å². The molecule has 1 aromatic heterocycles. The second-order valence-corrected chi connectivity index (χ2v) is 8.55. The van der Waals surface area contributed by atoms with E-state index in [1.807, 2.05) is 20.8 Å². The van der Waals surface area contributed by atoms with Gasteiger partial charge in [-0.05, 0) is 19.8 Å². The summed E-state index contributed by atoms with van der Waals surface area (Å²) in [6.45, 7) is 5.58. The quantitative estimate of drug-likeness (QED) is 0.520. The molecule has 2 bridgehead atoms. The van der Waals surface area contributed by atoms with Gasteiger partial charge in [0.25, 0.3) is 5.91 Å². The van der Waals surface area contributed by atoms with Crippen LogP contribution in [-0.4, -0.2) is 53.4 Å². The van der Waals surface area contributed by atoms with E-state index in [1.165, 1.54) is 31.3 Å². The molecule has 2 unspecified atom stereocenters. The highest BCUT2D eigenvalue weighted by Gasteiger charge is 2.75. The third kappa shape index (κ3) is 3.14. The average molecular weight is 421 g/mol. The van der Waals surface area contributed by atoms with E-state index in [0.29, 0.717) is 18.5 Å². The number of carbonyl (C=O) groups excluding carboxylic acids is 4. The zero-order chi connectivity index (χ0) is 22.3. The molecule has 0 aromatic carbocycles. The first-order valence-electron chi connectivity index (χ1n) is 9.73. The highest BCUT2D eigenvalue weighted by Crippen LogP contribution is 2.65. The zero-order valence-corrected chi connectivity index (χ0v) is 17.8. The van der Waals surface area contributed by atoms with Crippen LogP contribution >= 0.6 is 0 Å². The van der Waals surface area contributed by atoms with Gasteiger partial charge in [0.15, 0.2) is 5.60 Å². The van der Waals surface area contributed by atoms with Gasteiger partial charge in [-0.3, -0.25) is 23.9 Å². The van der Waals surface area contributed by atoms with Crippen LogP contribution in [0.3, 0.4) is 0 Å². The zero-order valence-electron chi connectivity index (χ0n) is 17.8. The van der Waals surface area contributed by atoms with Crippen LogP contribution in [0.15, 0.2) is 12.4 Å². The molecule has 3 rings (SSSR count). The molecule has 164 valence electrons. The summed E-state index contributed by atoms with van der Waals surface area (Å²) in [5.41, 5.74) is -2.27. The number of hydrogen-bond acceptors (Lipinski definition) is 8. The number of methoxy groups -OCH3 is 2. The molecular weight excluding hydrogens is 394 g/mol. The summed E-state index contributed by atoms with van der Waals surface area (Å²) in [5, 5.41) is 6.95. The molecule has 0 radical (unpaired) electrons. The summed E-state index contributed by atoms with van der Waals surface area (Å²) >= 11 is 0. The summed E-state index contributed by atoms with van der Waals surface area (Å²) in [4.78, 5) is 49.0. The van der Waals surface area contributed by atoms with Crippen LogP contribution in [0.5, 0.6) is 0 Å². The lowest BCUT2D eigenvalue weighted by atomic mass is 9.66. The molecule has 10 nitrogen and oxygen atoms in total. The van der Waals surface area contributed by atoms with Gasteiger partial charge in [0.1, 0.15) is 0 Å². The molecule has 0 spiro atoms. The van der Waals surface area contributed by atoms with Gasteiger partial charge in [0.05, 0.1) is 50.4 Å². The topological polar surface area (TPSA) is 126 Å². The van der Waals surface area contributed by atoms with E-state index in [0.717, 1.165) is 0 Å². The first-order chi connectivity index (χ1) is 14.0. The van der Waals surface area contributed by atoms with Crippen molar-refractivity contribution in [2.45, 2.75) is 58.1 Å². The minimum absolute atomic E-state index is 0.0897. The van der Waals surface area contributed by atoms with Crippen LogP contribution in [0.2, 0.25) is 0 Å². The lowest BCUT2D eigenvalue weighted by Crippen LogP contribution is -2.50. The van der Waals surface area contributed by atoms with Crippen molar-refractivity contribution >= 4 is 29.5 Å². The van der Waals surface area contributed by atoms with Gasteiger partial charge in [0, 0.05) is 11.6 Å². The molecular formula is C20H27N3O7. The fourth-order valence-corrected chi connectivity index (χ4v) is 4.39. The summed E-state index contributed by atoms with van der Waals surface area (Å²) in [6.07, 6.45) is 3.76. The van der Waals surface area contributed by atoms with Crippen molar-refractivity contribution in [1.82, 2.24) is 9.78 Å². The number of nitrogens with one attached hydrogen (secondary N) is 1. The van der Waals surface area contributed by atoms with E-state index in [9.17, 15) is 19.2 Å². The number of aromatic nitrogens is 2. The second-order valence-electron chi connectivity index (χ2n) is 8.55. The Balaban J connectivity index is 1.79. The van der Waals surface area contributed by atoms with Gasteiger partial charge in [-0.15, -0.1) is 0 Å². The lowest BCUT2D eigenvalue weighted by molar-refractivity contribution is -0.165. The van der Waals surface area contributed by atoms with Crippen molar-refractivity contribution in [2.75, 3.05) is 19.5 Å². The minimum atomic E-state index is -1.25. The van der Waals surface area contributed by atoms with Crippen molar-refractivity contribution in [2.24, 2.45) is 10.8 Å². The Labute approximate surface area is 174 Å². The Kier molecular flexibility index (Phi) is 5.38. The number of rotatable bonds is 7. The largest absolute Gasteiger partial charge is 0.469 e. The number of ether oxygens (including phenoxy) is 3. The molecule has 1 aromatic rings. The molecule has 2 fully saturated rings. The minimum Gasteiger partial charge on any atom is -0.469 e. The molecule has 1 amide bonds. The van der Waals surface area contributed by atoms with Gasteiger partial charge in [-0.1, -0.05) is 13.8 Å². The van der Waals surface area contributed by atoms with Crippen LogP contribution in [0, 0.1) is 10.8 Å². The van der Waals surface area contributed by atoms with Gasteiger partial charge in [-0.25, -0.2) is 0 Å². The third-order valence-electron chi connectivity index (χ3n) is 6.94. The predicted octanol–water partition coefficient (Wildman–Crippen LogP) is 1.61. The van der Waals surface area contributed by atoms with Crippen molar-refractivity contribution < 1.29 is 33.4 Å². The molecule has 1 aliphatic carbocycles. The molecule has 2 atom stereocenters. The van der Waals surface area contributed by atoms with E-state index in [2.05, 4.69) is 19.9 Å². The molecule has 1 saturated carbocycles. The maximum atomic E-state index is 13.2. The maximum Gasteiger partial charge on any atom is 0.313 e. The SMILES string of the molecule is COC(=O)CC(CC(=O)OC)n1cc(NC(=O)C23CCC(C)(C(=O)O2)C3(C)C)cn1. The molecule has 1 saturated heterocycles. The summed E-state index contributed by atoms with van der Waals surface area (Å²) in [7, 11) is 2.51. The van der Waals surface area contributed by atoms with Crippen LogP contribution in [-0.2, 0) is 33.4 Å². The Morgan fingerprint density at radius 3 is 2.23 bits per heavy atom. The molecule has 1 N–H and O–H groups in total. The van der Waals surface area contributed by atoms with Crippen LogP contribution in [0.4, 0.5) is 5.69 Å². The van der Waals surface area contributed by atoms with Crippen molar-refractivity contribution in [3.8, 4) is 0 Å². The summed E-state index contributed by atoms with van der Waals surface area (Å²) < 4.78 is 16.4. The molecule has 10 heteroatoms. The number of esters is 3. The van der Waals surface area contributed by atoms with Gasteiger partial charge in [0.2, 0.25) is 0 Å². The van der Waals surface area contributed by atoms with Gasteiger partial charge in [-0.2, -0.15) is 5.10 Å². The third-order valence-corrected chi connectivity index (χ3v) is 6.94. The van der Waals surface area contributed by atoms with Gasteiger partial charge < -0.3 is 19.5 Å². The monoisotopic (exact) mass is 421 g/mol. The van der Waals surface area contributed by atoms with E-state index in [-0.39, 0.29) is 18.8 Å². The van der Waals surface area contributed by atoms with E-state index in [4.69, 9.17) is 4.74 Å². The van der Waals surface area contributed by atoms with Crippen molar-refractivity contribution in [3.63, 3.8) is 0 Å². The second kappa shape index (κ2) is 7.41. The van der Waals surface area contributed by atoms with Gasteiger partial charge >= 0.3 is 17.9 Å². The lowest BCUT2D eigenvalue weighted by Gasteiger charge is -2.35. The number of amides is 1. The van der Waals surface area contributed by atoms with Crippen LogP contribution in [0.1, 0.15) is 52.5 Å². The van der Waals surface area contributed by atoms with Crippen molar-refractivity contribution in [3.05, 3.63) is 12.4 Å². The highest BCUT2D eigenvalue weighted by molar-refractivity contribution is 6.03. The standard InChI is InChI=1S/C20H27N3O7/c1-18(2)19(3)6-7-20(18,30-17(19)27)16(26)22-12-10-21-23(11-12)13(8-14(24)28-4)9-15(25)29-5/h10-11,13H,6-9H2,1-5H3,(H,22,26). The molecule has 1 aliphatic heterocycles. The first-order valence-corrected chi connectivity index (χ1v) is 9.73. The fourth-order valence-electron chi connectivity index (χ4n) is 4.39. The number of carbonyl (C=O) groups is 4. The summed E-state index contributed by atoms with van der Waals surface area (Å²) in [6, 6.07) is -0.635. The average Bonchev–Trinajstić information content (AvgIpc) is 3.28. The molecule has 2 heterocycles. The van der Waals surface area contributed by atoms with Crippen LogP contribution < -0.4 is 5.32 Å². The predicted molar refractivity (Wildman–Crippen MR) is 103 cm³/mol. The molecule has 30 heavy (non-hydrogen) atoms. The number of nitrogens with zero attached hydrogens (tertiary/aromatic N) is 2. The normalized spacial score (nSPS) is 26.4. The Morgan fingerprint density at radius 1 is 1.17 bits per heavy atom. The fraction of sp³-hybridized carbons (Fsp3) is 0.650. The smallest absolute Gasteiger partial charge is 0.313 e. The van der Waals surface area contributed by atoms with Crippen molar-refractivity contribution in [1.29, 1.82) is 0 Å². The van der Waals surface area contributed by atoms with E-state index >= 15 is 0 Å². The molecule has 2 aliphatic rings. The number of anilines is 1. The Hall–Kier alpha value is -2.91. The number of hydrogen-bond donors (Lipinski definition) is 1. The first kappa shape index (κ1) is 21.8. The Morgan fingerprint density at radius 2 is 1.77 bits per heavy atom. The Bertz CT molecular complexity index is 875. The number of fused-ring (bicyclic) bond motifs is 2. The van der Waals surface area contributed by atoms with Crippen LogP contribution in [0.25, 0.3) is 0 Å².